The maximum Gasteiger partial charge on any atom is 0.240 e. The fraction of sp³-hybridized carbons (Fsp3) is 0.455. The average molecular weight is 330 g/mol. The smallest absolute Gasteiger partial charge is 0.240 e. The topological polar surface area (TPSA) is 122 Å². The number of thiophene rings is 1. The molecule has 2 heterocycles. The monoisotopic (exact) mass is 330 g/mol. The van der Waals surface area contributed by atoms with Crippen LogP contribution in [0, 0.1) is 0 Å². The number of rotatable bonds is 7. The number of hydrogen-bond acceptors (Lipinski definition) is 8. The first-order chi connectivity index (χ1) is 9.93. The van der Waals surface area contributed by atoms with Crippen molar-refractivity contribution in [3.63, 3.8) is 0 Å². The number of sulfonamides is 1. The second kappa shape index (κ2) is 6.52. The summed E-state index contributed by atoms with van der Waals surface area (Å²) in [7, 11) is -3.19. The second-order valence-corrected chi connectivity index (χ2v) is 7.37. The third-order valence-corrected chi connectivity index (χ3v) is 4.60. The molecule has 0 bridgehead atoms. The van der Waals surface area contributed by atoms with Crippen molar-refractivity contribution < 1.29 is 8.42 Å². The van der Waals surface area contributed by atoms with Gasteiger partial charge in [-0.3, -0.25) is 5.43 Å². The van der Waals surface area contributed by atoms with Gasteiger partial charge in [-0.1, -0.05) is 6.92 Å². The van der Waals surface area contributed by atoms with Gasteiger partial charge in [0, 0.05) is 18.0 Å². The van der Waals surface area contributed by atoms with Gasteiger partial charge in [0.1, 0.15) is 10.6 Å². The Kier molecular flexibility index (Phi) is 4.93. The predicted molar refractivity (Wildman–Crippen MR) is 85.9 cm³/mol. The molecule has 0 aliphatic carbocycles. The molecule has 8 nitrogen and oxygen atoms in total. The van der Waals surface area contributed by atoms with E-state index in [-0.39, 0.29) is 6.54 Å². The quantitative estimate of drug-likeness (QED) is 0.331. The van der Waals surface area contributed by atoms with Gasteiger partial charge in [-0.15, -0.1) is 11.3 Å². The van der Waals surface area contributed by atoms with Gasteiger partial charge < -0.3 is 5.32 Å². The maximum atomic E-state index is 11.0. The molecule has 2 aromatic rings. The Balaban J connectivity index is 2.18. The first-order valence-electron chi connectivity index (χ1n) is 6.38. The standard InChI is InChI=1S/C11H18N6O2S2/c1-3-7-6-8-9(13-4-5-14-21(2,18)19)15-11(17-12)16-10(8)20-7/h6,14H,3-5,12H2,1-2H3,(H2,13,15,16,17). The summed E-state index contributed by atoms with van der Waals surface area (Å²) in [5.74, 6) is 6.33. The highest BCUT2D eigenvalue weighted by Crippen LogP contribution is 2.30. The summed E-state index contributed by atoms with van der Waals surface area (Å²) in [6.45, 7) is 2.77. The van der Waals surface area contributed by atoms with Crippen molar-refractivity contribution in [3.8, 4) is 0 Å². The first kappa shape index (κ1) is 15.9. The first-order valence-corrected chi connectivity index (χ1v) is 9.09. The minimum Gasteiger partial charge on any atom is -0.368 e. The van der Waals surface area contributed by atoms with Gasteiger partial charge in [-0.05, 0) is 12.5 Å². The van der Waals surface area contributed by atoms with Crippen molar-refractivity contribution in [2.75, 3.05) is 30.1 Å². The van der Waals surface area contributed by atoms with Crippen LogP contribution in [0.1, 0.15) is 11.8 Å². The van der Waals surface area contributed by atoms with Crippen LogP contribution in [-0.2, 0) is 16.4 Å². The van der Waals surface area contributed by atoms with Crippen molar-refractivity contribution in [2.45, 2.75) is 13.3 Å². The zero-order valence-corrected chi connectivity index (χ0v) is 13.4. The number of aryl methyl sites for hydroxylation is 1. The summed E-state index contributed by atoms with van der Waals surface area (Å²) in [4.78, 5) is 10.6. The lowest BCUT2D eigenvalue weighted by Crippen LogP contribution is -2.27. The summed E-state index contributed by atoms with van der Waals surface area (Å²) >= 11 is 1.59. The molecule has 0 radical (unpaired) electrons. The highest BCUT2D eigenvalue weighted by Gasteiger charge is 2.11. The number of nitrogens with one attached hydrogen (secondary N) is 3. The van der Waals surface area contributed by atoms with Crippen molar-refractivity contribution >= 4 is 43.3 Å². The Bertz CT molecular complexity index is 728. The Morgan fingerprint density at radius 1 is 1.33 bits per heavy atom. The van der Waals surface area contributed by atoms with Crippen molar-refractivity contribution in [1.82, 2.24) is 14.7 Å². The third-order valence-electron chi connectivity index (χ3n) is 2.70. The normalized spacial score (nSPS) is 11.8. The largest absolute Gasteiger partial charge is 0.368 e. The van der Waals surface area contributed by atoms with Gasteiger partial charge in [0.25, 0.3) is 0 Å². The molecule has 116 valence electrons. The number of hydrazine groups is 1. The van der Waals surface area contributed by atoms with Crippen LogP contribution in [0.4, 0.5) is 11.8 Å². The zero-order valence-electron chi connectivity index (χ0n) is 11.8. The molecule has 0 amide bonds. The van der Waals surface area contributed by atoms with Crippen molar-refractivity contribution in [1.29, 1.82) is 0 Å². The summed E-state index contributed by atoms with van der Waals surface area (Å²) < 4.78 is 24.4. The molecule has 2 rings (SSSR count). The maximum absolute atomic E-state index is 11.0. The van der Waals surface area contributed by atoms with E-state index in [0.717, 1.165) is 22.9 Å². The number of nitrogens with zero attached hydrogens (tertiary/aromatic N) is 2. The number of fused-ring (bicyclic) bond motifs is 1. The van der Waals surface area contributed by atoms with Crippen LogP contribution in [0.2, 0.25) is 0 Å². The Morgan fingerprint density at radius 3 is 2.71 bits per heavy atom. The molecule has 2 aromatic heterocycles. The molecule has 10 heteroatoms. The van der Waals surface area contributed by atoms with Crippen LogP contribution in [0.5, 0.6) is 0 Å². The molecule has 0 spiro atoms. The highest BCUT2D eigenvalue weighted by molar-refractivity contribution is 7.88. The van der Waals surface area contributed by atoms with Gasteiger partial charge in [-0.25, -0.2) is 24.0 Å². The molecule has 0 unspecified atom stereocenters. The SMILES string of the molecule is CCc1cc2c(NCCNS(C)(=O)=O)nc(NN)nc2s1. The molecular formula is C11H18N6O2S2. The lowest BCUT2D eigenvalue weighted by Gasteiger charge is -2.08. The van der Waals surface area contributed by atoms with Crippen LogP contribution in [0.3, 0.4) is 0 Å². The van der Waals surface area contributed by atoms with Crippen LogP contribution in [-0.4, -0.2) is 37.7 Å². The van der Waals surface area contributed by atoms with Gasteiger partial charge in [0.2, 0.25) is 16.0 Å². The molecule has 21 heavy (non-hydrogen) atoms. The molecule has 0 saturated heterocycles. The number of nitrogen functional groups attached to an aromatic ring is 1. The van der Waals surface area contributed by atoms with Crippen LogP contribution >= 0.6 is 11.3 Å². The molecule has 0 aromatic carbocycles. The highest BCUT2D eigenvalue weighted by atomic mass is 32.2. The van der Waals surface area contributed by atoms with E-state index >= 15 is 0 Å². The van der Waals surface area contributed by atoms with Gasteiger partial charge in [-0.2, -0.15) is 4.98 Å². The Hall–Kier alpha value is -1.49. The average Bonchev–Trinajstić information content (AvgIpc) is 2.85. The molecular weight excluding hydrogens is 312 g/mol. The number of aromatic nitrogens is 2. The van der Waals surface area contributed by atoms with Crippen LogP contribution in [0.15, 0.2) is 6.07 Å². The number of anilines is 2. The van der Waals surface area contributed by atoms with Gasteiger partial charge >= 0.3 is 0 Å². The van der Waals surface area contributed by atoms with E-state index in [2.05, 4.69) is 32.4 Å². The van der Waals surface area contributed by atoms with Crippen molar-refractivity contribution in [3.05, 3.63) is 10.9 Å². The van der Waals surface area contributed by atoms with E-state index in [4.69, 9.17) is 5.84 Å². The fourth-order valence-corrected chi connectivity index (χ4v) is 3.20. The van der Waals surface area contributed by atoms with E-state index < -0.39 is 10.0 Å². The van der Waals surface area contributed by atoms with E-state index in [1.807, 2.05) is 6.07 Å². The van der Waals surface area contributed by atoms with Gasteiger partial charge in [0.15, 0.2) is 0 Å². The lowest BCUT2D eigenvalue weighted by molar-refractivity contribution is 0.589. The Morgan fingerprint density at radius 2 is 2.10 bits per heavy atom. The fourth-order valence-electron chi connectivity index (χ4n) is 1.76. The summed E-state index contributed by atoms with van der Waals surface area (Å²) in [5, 5.41) is 4.02. The van der Waals surface area contributed by atoms with Crippen molar-refractivity contribution in [2.24, 2.45) is 5.84 Å². The predicted octanol–water partition coefficient (Wildman–Crippen LogP) is 0.500. The molecule has 0 fully saturated rings. The van der Waals surface area contributed by atoms with E-state index in [9.17, 15) is 8.42 Å². The zero-order chi connectivity index (χ0) is 15.5. The summed E-state index contributed by atoms with van der Waals surface area (Å²) in [6, 6.07) is 2.03. The second-order valence-electron chi connectivity index (χ2n) is 4.42. The van der Waals surface area contributed by atoms with Crippen LogP contribution in [0.25, 0.3) is 10.2 Å². The number of nitrogens with two attached hydrogens (primary N) is 1. The molecule has 0 aliphatic heterocycles. The summed E-state index contributed by atoms with van der Waals surface area (Å²) in [5.41, 5.74) is 2.43. The van der Waals surface area contributed by atoms with Gasteiger partial charge in [0.05, 0.1) is 11.6 Å². The van der Waals surface area contributed by atoms with E-state index in [0.29, 0.717) is 18.3 Å². The summed E-state index contributed by atoms with van der Waals surface area (Å²) in [6.07, 6.45) is 2.04. The van der Waals surface area contributed by atoms with Crippen LogP contribution < -0.4 is 21.3 Å². The molecule has 0 saturated carbocycles. The minimum absolute atomic E-state index is 0.278. The molecule has 0 atom stereocenters. The Labute approximate surface area is 127 Å². The minimum atomic E-state index is -3.19. The van der Waals surface area contributed by atoms with E-state index in [1.54, 1.807) is 11.3 Å². The lowest BCUT2D eigenvalue weighted by atomic mass is 10.3. The third kappa shape index (κ3) is 4.24. The molecule has 0 aliphatic rings. The van der Waals surface area contributed by atoms with E-state index in [1.165, 1.54) is 4.88 Å². The number of hydrogen-bond donors (Lipinski definition) is 4. The molecule has 5 N–H and O–H groups in total.